The molecule has 1 aliphatic heterocycles. The smallest absolute Gasteiger partial charge is 0.240 e. The van der Waals surface area contributed by atoms with Gasteiger partial charge in [0.1, 0.15) is 5.75 Å². The van der Waals surface area contributed by atoms with Gasteiger partial charge in [0.15, 0.2) is 0 Å². The second-order valence-electron chi connectivity index (χ2n) is 3.77. The lowest BCUT2D eigenvalue weighted by atomic mass is 10.2. The van der Waals surface area contributed by atoms with Crippen LogP contribution < -0.4 is 15.0 Å². The Kier molecular flexibility index (Phi) is 3.41. The van der Waals surface area contributed by atoms with E-state index >= 15 is 0 Å². The number of ether oxygens (including phenoxy) is 1. The molecule has 0 aromatic heterocycles. The fourth-order valence-electron chi connectivity index (χ4n) is 1.81. The molecule has 0 bridgehead atoms. The van der Waals surface area contributed by atoms with Crippen LogP contribution in [0.15, 0.2) is 24.3 Å². The third-order valence-electron chi connectivity index (χ3n) is 2.70. The third-order valence-corrected chi connectivity index (χ3v) is 2.70. The first-order chi connectivity index (χ1) is 7.81. The van der Waals surface area contributed by atoms with Crippen molar-refractivity contribution in [2.75, 3.05) is 31.6 Å². The van der Waals surface area contributed by atoms with Crippen molar-refractivity contribution in [1.29, 1.82) is 0 Å². The lowest BCUT2D eigenvalue weighted by Gasteiger charge is -2.20. The summed E-state index contributed by atoms with van der Waals surface area (Å²) >= 11 is 0. The first-order valence-corrected chi connectivity index (χ1v) is 5.46. The molecule has 0 spiro atoms. The fourth-order valence-corrected chi connectivity index (χ4v) is 1.81. The molecular formula is C12H16N2O2. The molecule has 0 unspecified atom stereocenters. The molecule has 86 valence electrons. The molecule has 4 nitrogen and oxygen atoms in total. The van der Waals surface area contributed by atoms with E-state index in [0.29, 0.717) is 6.54 Å². The topological polar surface area (TPSA) is 41.6 Å². The van der Waals surface area contributed by atoms with Gasteiger partial charge >= 0.3 is 0 Å². The van der Waals surface area contributed by atoms with Gasteiger partial charge in [0.2, 0.25) is 5.91 Å². The quantitative estimate of drug-likeness (QED) is 0.809. The van der Waals surface area contributed by atoms with E-state index in [1.54, 1.807) is 7.11 Å². The van der Waals surface area contributed by atoms with Crippen LogP contribution >= 0.6 is 0 Å². The monoisotopic (exact) mass is 220 g/mol. The molecule has 4 heteroatoms. The van der Waals surface area contributed by atoms with Crippen LogP contribution in [-0.2, 0) is 4.79 Å². The Hall–Kier alpha value is -1.55. The van der Waals surface area contributed by atoms with Crippen LogP contribution in [0.25, 0.3) is 0 Å². The van der Waals surface area contributed by atoms with Crippen molar-refractivity contribution in [3.8, 4) is 5.75 Å². The average Bonchev–Trinajstić information content (AvgIpc) is 2.54. The van der Waals surface area contributed by atoms with Gasteiger partial charge in [0, 0.05) is 12.2 Å². The summed E-state index contributed by atoms with van der Waals surface area (Å²) in [6, 6.07) is 7.59. The van der Waals surface area contributed by atoms with E-state index < -0.39 is 0 Å². The number of amides is 1. The molecule has 1 aromatic rings. The van der Waals surface area contributed by atoms with Crippen molar-refractivity contribution in [2.45, 2.75) is 6.42 Å². The zero-order valence-electron chi connectivity index (χ0n) is 9.40. The van der Waals surface area contributed by atoms with E-state index in [1.807, 2.05) is 29.2 Å². The summed E-state index contributed by atoms with van der Waals surface area (Å²) in [7, 11) is 1.63. The number of nitrogens with one attached hydrogen (secondary N) is 1. The van der Waals surface area contributed by atoms with Gasteiger partial charge in [0.05, 0.1) is 13.7 Å². The molecule has 1 saturated heterocycles. The number of anilines is 1. The largest absolute Gasteiger partial charge is 0.497 e. The zero-order valence-corrected chi connectivity index (χ0v) is 9.40. The number of hydrogen-bond donors (Lipinski definition) is 1. The number of carbonyl (C=O) groups excluding carboxylic acids is 1. The minimum absolute atomic E-state index is 0.127. The maximum atomic E-state index is 11.8. The molecule has 0 radical (unpaired) electrons. The summed E-state index contributed by atoms with van der Waals surface area (Å²) in [4.78, 5) is 13.6. The summed E-state index contributed by atoms with van der Waals surface area (Å²) in [6.45, 7) is 2.10. The van der Waals surface area contributed by atoms with Crippen molar-refractivity contribution >= 4 is 11.6 Å². The number of methoxy groups -OCH3 is 1. The lowest BCUT2D eigenvalue weighted by Crippen LogP contribution is -2.34. The number of nitrogens with zero attached hydrogens (tertiary/aromatic N) is 1. The molecule has 16 heavy (non-hydrogen) atoms. The Balaban J connectivity index is 2.17. The SMILES string of the molecule is COc1ccc(N2CCCNCC2=O)cc1. The summed E-state index contributed by atoms with van der Waals surface area (Å²) in [5.74, 6) is 0.937. The summed E-state index contributed by atoms with van der Waals surface area (Å²) in [6.07, 6.45) is 0.984. The van der Waals surface area contributed by atoms with Gasteiger partial charge in [-0.05, 0) is 37.2 Å². The Labute approximate surface area is 95.2 Å². The summed E-state index contributed by atoms with van der Waals surface area (Å²) in [5.41, 5.74) is 0.939. The van der Waals surface area contributed by atoms with Gasteiger partial charge < -0.3 is 15.0 Å². The van der Waals surface area contributed by atoms with Gasteiger partial charge in [-0.3, -0.25) is 4.79 Å². The highest BCUT2D eigenvalue weighted by Crippen LogP contribution is 2.20. The van der Waals surface area contributed by atoms with Crippen LogP contribution in [0.1, 0.15) is 6.42 Å². The number of rotatable bonds is 2. The molecule has 1 N–H and O–H groups in total. The molecule has 0 aliphatic carbocycles. The van der Waals surface area contributed by atoms with Gasteiger partial charge in [-0.1, -0.05) is 0 Å². The van der Waals surface area contributed by atoms with Crippen molar-refractivity contribution in [3.63, 3.8) is 0 Å². The van der Waals surface area contributed by atoms with Crippen molar-refractivity contribution in [2.24, 2.45) is 0 Å². The fraction of sp³-hybridized carbons (Fsp3) is 0.417. The first-order valence-electron chi connectivity index (χ1n) is 5.46. The third kappa shape index (κ3) is 2.33. The Bertz CT molecular complexity index is 362. The van der Waals surface area contributed by atoms with Crippen molar-refractivity contribution in [1.82, 2.24) is 5.32 Å². The van der Waals surface area contributed by atoms with Gasteiger partial charge in [0.25, 0.3) is 0 Å². The molecule has 1 aliphatic rings. The Morgan fingerprint density at radius 2 is 2.06 bits per heavy atom. The number of benzene rings is 1. The molecule has 1 aromatic carbocycles. The van der Waals surface area contributed by atoms with Gasteiger partial charge in [-0.2, -0.15) is 0 Å². The minimum Gasteiger partial charge on any atom is -0.497 e. The van der Waals surface area contributed by atoms with Crippen LogP contribution in [0.4, 0.5) is 5.69 Å². The van der Waals surface area contributed by atoms with E-state index in [9.17, 15) is 4.79 Å². The van der Waals surface area contributed by atoms with Crippen LogP contribution in [0, 0.1) is 0 Å². The van der Waals surface area contributed by atoms with E-state index in [-0.39, 0.29) is 5.91 Å². The second kappa shape index (κ2) is 4.99. The Morgan fingerprint density at radius 1 is 1.31 bits per heavy atom. The molecule has 1 heterocycles. The standard InChI is InChI=1S/C12H16N2O2/c1-16-11-5-3-10(4-6-11)14-8-2-7-13-9-12(14)15/h3-6,13H,2,7-9H2,1H3. The van der Waals surface area contributed by atoms with E-state index in [4.69, 9.17) is 4.74 Å². The maximum absolute atomic E-state index is 11.8. The maximum Gasteiger partial charge on any atom is 0.240 e. The molecule has 0 atom stereocenters. The normalized spacial score (nSPS) is 17.1. The van der Waals surface area contributed by atoms with E-state index in [0.717, 1.165) is 30.9 Å². The van der Waals surface area contributed by atoms with Crippen LogP contribution in [0.3, 0.4) is 0 Å². The van der Waals surface area contributed by atoms with Crippen LogP contribution in [0.5, 0.6) is 5.75 Å². The highest BCUT2D eigenvalue weighted by atomic mass is 16.5. The van der Waals surface area contributed by atoms with Gasteiger partial charge in [-0.25, -0.2) is 0 Å². The molecular weight excluding hydrogens is 204 g/mol. The van der Waals surface area contributed by atoms with Gasteiger partial charge in [-0.15, -0.1) is 0 Å². The lowest BCUT2D eigenvalue weighted by molar-refractivity contribution is -0.117. The number of hydrogen-bond acceptors (Lipinski definition) is 3. The van der Waals surface area contributed by atoms with Crippen molar-refractivity contribution < 1.29 is 9.53 Å². The van der Waals surface area contributed by atoms with Crippen LogP contribution in [0.2, 0.25) is 0 Å². The van der Waals surface area contributed by atoms with E-state index in [2.05, 4.69) is 5.32 Å². The predicted molar refractivity (Wildman–Crippen MR) is 62.8 cm³/mol. The Morgan fingerprint density at radius 3 is 2.75 bits per heavy atom. The molecule has 0 saturated carbocycles. The summed E-state index contributed by atoms with van der Waals surface area (Å²) in [5, 5.41) is 3.10. The minimum atomic E-state index is 0.127. The molecule has 1 fully saturated rings. The average molecular weight is 220 g/mol. The second-order valence-corrected chi connectivity index (χ2v) is 3.77. The number of carbonyl (C=O) groups is 1. The van der Waals surface area contributed by atoms with E-state index in [1.165, 1.54) is 0 Å². The zero-order chi connectivity index (χ0) is 11.4. The molecule has 2 rings (SSSR count). The van der Waals surface area contributed by atoms with Crippen molar-refractivity contribution in [3.05, 3.63) is 24.3 Å². The summed E-state index contributed by atoms with van der Waals surface area (Å²) < 4.78 is 5.09. The highest BCUT2D eigenvalue weighted by Gasteiger charge is 2.17. The first kappa shape index (κ1) is 11.0. The predicted octanol–water partition coefficient (Wildman–Crippen LogP) is 1.02. The highest BCUT2D eigenvalue weighted by molar-refractivity contribution is 5.95. The molecule has 1 amide bonds. The van der Waals surface area contributed by atoms with Crippen LogP contribution in [-0.4, -0.2) is 32.7 Å².